The van der Waals surface area contributed by atoms with Gasteiger partial charge in [-0.2, -0.15) is 0 Å². The smallest absolute Gasteiger partial charge is 0.271 e. The van der Waals surface area contributed by atoms with E-state index in [1.54, 1.807) is 13.2 Å². The molecule has 0 bridgehead atoms. The number of non-ortho nitro benzene ring substituents is 1. The van der Waals surface area contributed by atoms with Crippen molar-refractivity contribution in [2.45, 2.75) is 0 Å². The summed E-state index contributed by atoms with van der Waals surface area (Å²) >= 11 is 6.22. The van der Waals surface area contributed by atoms with Crippen molar-refractivity contribution in [3.63, 3.8) is 0 Å². The zero-order valence-corrected chi connectivity index (χ0v) is 14.1. The van der Waals surface area contributed by atoms with E-state index in [1.807, 2.05) is 18.2 Å². The molecule has 1 heterocycles. The van der Waals surface area contributed by atoms with Gasteiger partial charge in [-0.25, -0.2) is 0 Å². The molecule has 0 amide bonds. The standard InChI is InChI=1S/C17H18ClN3O3/c1-24-15-4-2-3-13(11-15)19-7-9-20(10-8-19)17-6-5-14(21(22)23)12-16(17)18/h2-6,11-12H,7-10H2,1H3. The van der Waals surface area contributed by atoms with Crippen molar-refractivity contribution in [3.05, 3.63) is 57.6 Å². The molecular weight excluding hydrogens is 330 g/mol. The Morgan fingerprint density at radius 2 is 1.79 bits per heavy atom. The second-order valence-electron chi connectivity index (χ2n) is 5.57. The van der Waals surface area contributed by atoms with Crippen LogP contribution in [0.5, 0.6) is 5.75 Å². The number of hydrogen-bond donors (Lipinski definition) is 0. The first-order chi connectivity index (χ1) is 11.6. The summed E-state index contributed by atoms with van der Waals surface area (Å²) in [4.78, 5) is 14.8. The largest absolute Gasteiger partial charge is 0.497 e. The molecule has 24 heavy (non-hydrogen) atoms. The maximum Gasteiger partial charge on any atom is 0.271 e. The number of hydrogen-bond acceptors (Lipinski definition) is 5. The molecule has 0 spiro atoms. The van der Waals surface area contributed by atoms with Gasteiger partial charge in [0.15, 0.2) is 0 Å². The van der Waals surface area contributed by atoms with Gasteiger partial charge in [0.05, 0.1) is 22.7 Å². The predicted molar refractivity (Wildman–Crippen MR) is 95.5 cm³/mol. The lowest BCUT2D eigenvalue weighted by atomic mass is 10.2. The summed E-state index contributed by atoms with van der Waals surface area (Å²) in [5.41, 5.74) is 1.98. The third-order valence-corrected chi connectivity index (χ3v) is 4.48. The topological polar surface area (TPSA) is 58.8 Å². The van der Waals surface area contributed by atoms with Gasteiger partial charge in [-0.3, -0.25) is 10.1 Å². The number of anilines is 2. The molecule has 1 fully saturated rings. The van der Waals surface area contributed by atoms with Crippen molar-refractivity contribution >= 4 is 28.7 Å². The van der Waals surface area contributed by atoms with Crippen LogP contribution in [0.2, 0.25) is 5.02 Å². The van der Waals surface area contributed by atoms with Crippen molar-refractivity contribution in [2.75, 3.05) is 43.1 Å². The van der Waals surface area contributed by atoms with Crippen LogP contribution in [0.15, 0.2) is 42.5 Å². The Bertz CT molecular complexity index is 746. The average molecular weight is 348 g/mol. The molecule has 0 radical (unpaired) electrons. The quantitative estimate of drug-likeness (QED) is 0.625. The minimum absolute atomic E-state index is 0.0127. The highest BCUT2D eigenvalue weighted by Gasteiger charge is 2.20. The van der Waals surface area contributed by atoms with Gasteiger partial charge in [-0.05, 0) is 18.2 Å². The molecule has 1 saturated heterocycles. The van der Waals surface area contributed by atoms with Gasteiger partial charge in [0.25, 0.3) is 5.69 Å². The molecule has 6 nitrogen and oxygen atoms in total. The molecule has 1 aliphatic heterocycles. The van der Waals surface area contributed by atoms with E-state index in [-0.39, 0.29) is 5.69 Å². The molecule has 7 heteroatoms. The number of nitro groups is 1. The SMILES string of the molecule is COc1cccc(N2CCN(c3ccc([N+](=O)[O-])cc3Cl)CC2)c1. The highest BCUT2D eigenvalue weighted by atomic mass is 35.5. The maximum absolute atomic E-state index is 10.8. The molecule has 0 atom stereocenters. The summed E-state index contributed by atoms with van der Waals surface area (Å²) in [5, 5.41) is 11.2. The van der Waals surface area contributed by atoms with Crippen LogP contribution < -0.4 is 14.5 Å². The summed E-state index contributed by atoms with van der Waals surface area (Å²) < 4.78 is 5.27. The molecule has 126 valence electrons. The highest BCUT2D eigenvalue weighted by Crippen LogP contribution is 2.31. The van der Waals surface area contributed by atoms with Crippen LogP contribution in [0.4, 0.5) is 17.1 Å². The normalized spacial score (nSPS) is 14.6. The first-order valence-corrected chi connectivity index (χ1v) is 8.04. The lowest BCUT2D eigenvalue weighted by Crippen LogP contribution is -2.46. The zero-order chi connectivity index (χ0) is 17.1. The first-order valence-electron chi connectivity index (χ1n) is 7.66. The lowest BCUT2D eigenvalue weighted by Gasteiger charge is -2.37. The molecular formula is C17H18ClN3O3. The van der Waals surface area contributed by atoms with E-state index in [9.17, 15) is 10.1 Å². The molecule has 1 aliphatic rings. The summed E-state index contributed by atoms with van der Waals surface area (Å²) in [7, 11) is 1.66. The van der Waals surface area contributed by atoms with Crippen molar-refractivity contribution in [3.8, 4) is 5.75 Å². The average Bonchev–Trinajstić information content (AvgIpc) is 2.62. The summed E-state index contributed by atoms with van der Waals surface area (Å²) in [6, 6.07) is 12.6. The van der Waals surface area contributed by atoms with Crippen LogP contribution >= 0.6 is 11.6 Å². The van der Waals surface area contributed by atoms with Gasteiger partial charge in [0.1, 0.15) is 5.75 Å². The third kappa shape index (κ3) is 3.38. The second-order valence-corrected chi connectivity index (χ2v) is 5.98. The fourth-order valence-electron chi connectivity index (χ4n) is 2.88. The Hall–Kier alpha value is -2.47. The molecule has 0 N–H and O–H groups in total. The van der Waals surface area contributed by atoms with Crippen molar-refractivity contribution < 1.29 is 9.66 Å². The van der Waals surface area contributed by atoms with E-state index in [2.05, 4.69) is 15.9 Å². The summed E-state index contributed by atoms with van der Waals surface area (Å²) in [5.74, 6) is 0.841. The number of ether oxygens (including phenoxy) is 1. The number of piperazine rings is 1. The Labute approximate surface area is 145 Å². The van der Waals surface area contributed by atoms with E-state index < -0.39 is 4.92 Å². The Morgan fingerprint density at radius 3 is 2.42 bits per heavy atom. The van der Waals surface area contributed by atoms with Gasteiger partial charge in [0.2, 0.25) is 0 Å². The Balaban J connectivity index is 1.69. The highest BCUT2D eigenvalue weighted by molar-refractivity contribution is 6.33. The van der Waals surface area contributed by atoms with Gasteiger partial charge >= 0.3 is 0 Å². The molecule has 0 aromatic heterocycles. The van der Waals surface area contributed by atoms with Gasteiger partial charge < -0.3 is 14.5 Å². The number of nitro benzene ring substituents is 1. The number of halogens is 1. The second kappa shape index (κ2) is 6.97. The van der Waals surface area contributed by atoms with E-state index in [0.29, 0.717) is 5.02 Å². The molecule has 0 unspecified atom stereocenters. The van der Waals surface area contributed by atoms with Gasteiger partial charge in [-0.15, -0.1) is 0 Å². The van der Waals surface area contributed by atoms with Crippen LogP contribution in [-0.4, -0.2) is 38.2 Å². The zero-order valence-electron chi connectivity index (χ0n) is 13.3. The van der Waals surface area contributed by atoms with Gasteiger partial charge in [-0.1, -0.05) is 17.7 Å². The van der Waals surface area contributed by atoms with E-state index in [1.165, 1.54) is 12.1 Å². The van der Waals surface area contributed by atoms with Crippen LogP contribution in [-0.2, 0) is 0 Å². The number of methoxy groups -OCH3 is 1. The predicted octanol–water partition coefficient (Wildman–Crippen LogP) is 3.58. The molecule has 0 aliphatic carbocycles. The van der Waals surface area contributed by atoms with Crippen molar-refractivity contribution in [1.29, 1.82) is 0 Å². The Kier molecular flexibility index (Phi) is 4.76. The number of benzene rings is 2. The van der Waals surface area contributed by atoms with Crippen molar-refractivity contribution in [2.24, 2.45) is 0 Å². The fraction of sp³-hybridized carbons (Fsp3) is 0.294. The summed E-state index contributed by atoms with van der Waals surface area (Å²) in [6.45, 7) is 3.30. The minimum Gasteiger partial charge on any atom is -0.497 e. The van der Waals surface area contributed by atoms with Crippen molar-refractivity contribution in [1.82, 2.24) is 0 Å². The molecule has 3 rings (SSSR count). The lowest BCUT2D eigenvalue weighted by molar-refractivity contribution is -0.384. The van der Waals surface area contributed by atoms with E-state index in [0.717, 1.165) is 43.3 Å². The number of rotatable bonds is 4. The van der Waals surface area contributed by atoms with Crippen LogP contribution in [0, 0.1) is 10.1 Å². The van der Waals surface area contributed by atoms with Crippen LogP contribution in [0.25, 0.3) is 0 Å². The van der Waals surface area contributed by atoms with Crippen LogP contribution in [0.1, 0.15) is 0 Å². The maximum atomic E-state index is 10.8. The molecule has 2 aromatic carbocycles. The van der Waals surface area contributed by atoms with Gasteiger partial charge in [0, 0.05) is 50.1 Å². The number of nitrogens with zero attached hydrogens (tertiary/aromatic N) is 3. The Morgan fingerprint density at radius 1 is 1.08 bits per heavy atom. The van der Waals surface area contributed by atoms with Crippen LogP contribution in [0.3, 0.4) is 0 Å². The third-order valence-electron chi connectivity index (χ3n) is 4.18. The molecule has 0 saturated carbocycles. The first kappa shape index (κ1) is 16.4. The fourth-order valence-corrected chi connectivity index (χ4v) is 3.17. The monoisotopic (exact) mass is 347 g/mol. The minimum atomic E-state index is -0.434. The van der Waals surface area contributed by atoms with E-state index >= 15 is 0 Å². The molecule has 2 aromatic rings. The van der Waals surface area contributed by atoms with E-state index in [4.69, 9.17) is 16.3 Å². The summed E-state index contributed by atoms with van der Waals surface area (Å²) in [6.07, 6.45) is 0.